The van der Waals surface area contributed by atoms with Crippen LogP contribution in [0, 0.1) is 5.92 Å². The molecule has 0 heterocycles. The lowest BCUT2D eigenvalue weighted by Crippen LogP contribution is -2.45. The number of carbonyl (C=O) groups excluding carboxylic acids is 2. The van der Waals surface area contributed by atoms with Gasteiger partial charge in [0.2, 0.25) is 5.91 Å². The van der Waals surface area contributed by atoms with Crippen LogP contribution in [0.2, 0.25) is 0 Å². The minimum Gasteiger partial charge on any atom is -0.273 e. The van der Waals surface area contributed by atoms with Crippen LogP contribution in [0.4, 0.5) is 8.78 Å². The largest absolute Gasteiger partial charge is 0.317 e. The molecule has 0 unspecified atom stereocenters. The van der Waals surface area contributed by atoms with Gasteiger partial charge in [-0.2, -0.15) is 8.78 Å². The second-order valence-corrected chi connectivity index (χ2v) is 2.55. The third-order valence-electron chi connectivity index (χ3n) is 1.46. The van der Waals surface area contributed by atoms with E-state index in [1.165, 1.54) is 0 Å². The summed E-state index contributed by atoms with van der Waals surface area (Å²) in [4.78, 5) is 21.0. The fourth-order valence-electron chi connectivity index (χ4n) is 0.625. The molecule has 0 saturated heterocycles. The predicted molar refractivity (Wildman–Crippen MR) is 35.0 cm³/mol. The Kier molecular flexibility index (Phi) is 2.57. The van der Waals surface area contributed by atoms with Crippen molar-refractivity contribution in [3.63, 3.8) is 0 Å². The van der Waals surface area contributed by atoms with E-state index < -0.39 is 18.2 Å². The van der Waals surface area contributed by atoms with E-state index in [4.69, 9.17) is 0 Å². The second kappa shape index (κ2) is 3.46. The molecule has 1 aliphatic rings. The van der Waals surface area contributed by atoms with Crippen LogP contribution in [-0.4, -0.2) is 18.2 Å². The van der Waals surface area contributed by atoms with Crippen LogP contribution in [0.25, 0.3) is 0 Å². The van der Waals surface area contributed by atoms with Crippen molar-refractivity contribution in [3.8, 4) is 0 Å². The van der Waals surface area contributed by atoms with Crippen molar-refractivity contribution in [3.05, 3.63) is 0 Å². The van der Waals surface area contributed by atoms with Gasteiger partial charge >= 0.3 is 12.3 Å². The summed E-state index contributed by atoms with van der Waals surface area (Å²) in [5.74, 6) is -1.99. The van der Waals surface area contributed by atoms with Crippen molar-refractivity contribution in [1.29, 1.82) is 0 Å². The average molecular weight is 178 g/mol. The third kappa shape index (κ3) is 2.44. The summed E-state index contributed by atoms with van der Waals surface area (Å²) >= 11 is 0. The Morgan fingerprint density at radius 2 is 1.83 bits per heavy atom. The van der Waals surface area contributed by atoms with Crippen LogP contribution in [-0.2, 0) is 9.59 Å². The van der Waals surface area contributed by atoms with Gasteiger partial charge in [0.05, 0.1) is 0 Å². The molecule has 12 heavy (non-hydrogen) atoms. The van der Waals surface area contributed by atoms with Gasteiger partial charge in [0.25, 0.3) is 0 Å². The fourth-order valence-corrected chi connectivity index (χ4v) is 0.625. The van der Waals surface area contributed by atoms with Gasteiger partial charge in [0.15, 0.2) is 0 Å². The minimum atomic E-state index is -3.09. The van der Waals surface area contributed by atoms with Crippen molar-refractivity contribution in [1.82, 2.24) is 10.9 Å². The molecule has 1 rings (SSSR count). The second-order valence-electron chi connectivity index (χ2n) is 2.55. The topological polar surface area (TPSA) is 58.2 Å². The van der Waals surface area contributed by atoms with Gasteiger partial charge in [-0.05, 0) is 12.8 Å². The summed E-state index contributed by atoms with van der Waals surface area (Å²) in [6.07, 6.45) is -1.57. The lowest BCUT2D eigenvalue weighted by atomic mass is 10.4. The first-order chi connectivity index (χ1) is 5.61. The number of halogens is 2. The van der Waals surface area contributed by atoms with Gasteiger partial charge in [-0.15, -0.1) is 0 Å². The number of nitrogens with one attached hydrogen (secondary N) is 2. The Morgan fingerprint density at radius 3 is 2.25 bits per heavy atom. The average Bonchev–Trinajstić information content (AvgIpc) is 2.81. The zero-order valence-corrected chi connectivity index (χ0v) is 6.14. The summed E-state index contributed by atoms with van der Waals surface area (Å²) in [5, 5.41) is 0. The van der Waals surface area contributed by atoms with Crippen molar-refractivity contribution in [2.45, 2.75) is 19.3 Å². The van der Waals surface area contributed by atoms with Crippen molar-refractivity contribution >= 4 is 11.8 Å². The van der Waals surface area contributed by atoms with Crippen LogP contribution in [0.3, 0.4) is 0 Å². The maximum Gasteiger partial charge on any atom is 0.317 e. The first-order valence-electron chi connectivity index (χ1n) is 3.49. The van der Waals surface area contributed by atoms with Crippen molar-refractivity contribution in [2.75, 3.05) is 0 Å². The van der Waals surface area contributed by atoms with Gasteiger partial charge in [-0.1, -0.05) is 0 Å². The van der Waals surface area contributed by atoms with E-state index >= 15 is 0 Å². The SMILES string of the molecule is O=C(NNC(=O)C1CC1)C(F)F. The highest BCUT2D eigenvalue weighted by Crippen LogP contribution is 2.28. The predicted octanol–water partition coefficient (Wildman–Crippen LogP) is -0.191. The van der Waals surface area contributed by atoms with Crippen LogP contribution in [0.15, 0.2) is 0 Å². The molecule has 0 aliphatic heterocycles. The van der Waals surface area contributed by atoms with E-state index in [2.05, 4.69) is 0 Å². The Labute approximate surface area is 67.3 Å². The molecule has 0 atom stereocenters. The van der Waals surface area contributed by atoms with E-state index in [1.54, 1.807) is 5.43 Å². The quantitative estimate of drug-likeness (QED) is 0.576. The monoisotopic (exact) mass is 178 g/mol. The molecule has 0 aromatic carbocycles. The highest BCUT2D eigenvalue weighted by Gasteiger charge is 2.30. The zero-order valence-electron chi connectivity index (χ0n) is 6.14. The number of rotatable bonds is 2. The molecule has 6 heteroatoms. The maximum atomic E-state index is 11.5. The Bertz CT molecular complexity index is 190. The lowest BCUT2D eigenvalue weighted by Gasteiger charge is -2.04. The highest BCUT2D eigenvalue weighted by molar-refractivity contribution is 5.85. The van der Waals surface area contributed by atoms with Gasteiger partial charge in [0.1, 0.15) is 0 Å². The summed E-state index contributed by atoms with van der Waals surface area (Å²) in [5.41, 5.74) is 3.52. The Balaban J connectivity index is 2.15. The molecule has 1 fully saturated rings. The molecule has 2 amide bonds. The standard InChI is InChI=1S/C6H8F2N2O2/c7-4(8)6(12)10-9-5(11)3-1-2-3/h3-4H,1-2H2,(H,9,11)(H,10,12). The van der Waals surface area contributed by atoms with Crippen LogP contribution >= 0.6 is 0 Å². The first-order valence-corrected chi connectivity index (χ1v) is 3.49. The van der Waals surface area contributed by atoms with Crippen LogP contribution < -0.4 is 10.9 Å². The number of hydrogen-bond donors (Lipinski definition) is 2. The van der Waals surface area contributed by atoms with Crippen molar-refractivity contribution < 1.29 is 18.4 Å². The molecule has 0 radical (unpaired) electrons. The van der Waals surface area contributed by atoms with E-state index in [0.717, 1.165) is 12.8 Å². The fraction of sp³-hybridized carbons (Fsp3) is 0.667. The Morgan fingerprint density at radius 1 is 1.25 bits per heavy atom. The normalized spacial score (nSPS) is 15.9. The van der Waals surface area contributed by atoms with E-state index in [9.17, 15) is 18.4 Å². The molecule has 1 aliphatic carbocycles. The first kappa shape index (κ1) is 8.89. The number of hydrogen-bond acceptors (Lipinski definition) is 2. The molecule has 4 nitrogen and oxygen atoms in total. The Hall–Kier alpha value is -1.20. The molecule has 0 spiro atoms. The minimum absolute atomic E-state index is 0.108. The summed E-state index contributed by atoms with van der Waals surface area (Å²) in [7, 11) is 0. The van der Waals surface area contributed by atoms with E-state index in [1.807, 2.05) is 5.43 Å². The summed E-state index contributed by atoms with van der Waals surface area (Å²) in [6.45, 7) is 0. The van der Waals surface area contributed by atoms with Crippen LogP contribution in [0.1, 0.15) is 12.8 Å². The molecular formula is C6H8F2N2O2. The van der Waals surface area contributed by atoms with Gasteiger partial charge in [-0.25, -0.2) is 0 Å². The van der Waals surface area contributed by atoms with Crippen molar-refractivity contribution in [2.24, 2.45) is 5.92 Å². The van der Waals surface area contributed by atoms with E-state index in [-0.39, 0.29) is 5.92 Å². The van der Waals surface area contributed by atoms with Gasteiger partial charge in [0, 0.05) is 5.92 Å². The zero-order chi connectivity index (χ0) is 9.14. The summed E-state index contributed by atoms with van der Waals surface area (Å²) in [6, 6.07) is 0. The third-order valence-corrected chi connectivity index (χ3v) is 1.46. The lowest BCUT2D eigenvalue weighted by molar-refractivity contribution is -0.136. The molecular weight excluding hydrogens is 170 g/mol. The van der Waals surface area contributed by atoms with Crippen LogP contribution in [0.5, 0.6) is 0 Å². The van der Waals surface area contributed by atoms with Gasteiger partial charge in [-0.3, -0.25) is 20.4 Å². The maximum absolute atomic E-state index is 11.5. The summed E-state index contributed by atoms with van der Waals surface area (Å²) < 4.78 is 23.1. The van der Waals surface area contributed by atoms with E-state index in [0.29, 0.717) is 0 Å². The molecule has 0 aromatic rings. The highest BCUT2D eigenvalue weighted by atomic mass is 19.3. The van der Waals surface area contributed by atoms with Gasteiger partial charge < -0.3 is 0 Å². The smallest absolute Gasteiger partial charge is 0.273 e. The number of amides is 2. The molecule has 2 N–H and O–H groups in total. The number of carbonyl (C=O) groups is 2. The molecule has 0 bridgehead atoms. The molecule has 0 aromatic heterocycles. The molecule has 1 saturated carbocycles. The number of alkyl halides is 2. The molecule has 68 valence electrons. The number of hydrazine groups is 1.